The number of anilines is 2. The third-order valence-electron chi connectivity index (χ3n) is 4.55. The lowest BCUT2D eigenvalue weighted by molar-refractivity contribution is 0.0463. The van der Waals surface area contributed by atoms with Crippen LogP contribution >= 0.6 is 0 Å². The molecule has 0 unspecified atom stereocenters. The van der Waals surface area contributed by atoms with Gasteiger partial charge in [0.1, 0.15) is 23.8 Å². The molecule has 0 fully saturated rings. The summed E-state index contributed by atoms with van der Waals surface area (Å²) in [5, 5.41) is 0. The van der Waals surface area contributed by atoms with Gasteiger partial charge in [0, 0.05) is 5.56 Å². The number of hydrogen-bond acceptors (Lipinski definition) is 8. The molecule has 0 atom stereocenters. The van der Waals surface area contributed by atoms with Crippen LogP contribution in [-0.4, -0.2) is 35.9 Å². The first kappa shape index (κ1) is 17.6. The average Bonchev–Trinajstić information content (AvgIpc) is 3.36. The molecule has 30 heavy (non-hydrogen) atoms. The number of esters is 1. The van der Waals surface area contributed by atoms with Gasteiger partial charge in [0.05, 0.1) is 16.6 Å². The number of carbonyl (C=O) groups excluding carboxylic acids is 1. The molecule has 3 aromatic heterocycles. The van der Waals surface area contributed by atoms with E-state index in [1.807, 2.05) is 30.3 Å². The standard InChI is InChI=1S/C20H16N8O2/c21-16-15-18(28-20(22)27-16)26-14(25-15)9-30-19(29)11-6-7-12-13(8-11)24-17(23-12)10-4-2-1-3-5-10/h1-8H,9H2,(H,23,24)(H5,21,22,25,26,27,28). The number of nitrogens with one attached hydrogen (secondary N) is 2. The fourth-order valence-electron chi connectivity index (χ4n) is 3.14. The van der Waals surface area contributed by atoms with Crippen molar-refractivity contribution in [3.63, 3.8) is 0 Å². The zero-order chi connectivity index (χ0) is 20.7. The van der Waals surface area contributed by atoms with Gasteiger partial charge in [-0.3, -0.25) is 0 Å². The topological polar surface area (TPSA) is 161 Å². The zero-order valence-corrected chi connectivity index (χ0v) is 15.6. The summed E-state index contributed by atoms with van der Waals surface area (Å²) in [5.74, 6) is 0.835. The monoisotopic (exact) mass is 400 g/mol. The second-order valence-corrected chi connectivity index (χ2v) is 6.61. The number of nitrogens with two attached hydrogens (primary N) is 2. The molecule has 2 aromatic carbocycles. The molecule has 6 N–H and O–H groups in total. The lowest BCUT2D eigenvalue weighted by Crippen LogP contribution is -2.06. The van der Waals surface area contributed by atoms with E-state index in [-0.39, 0.29) is 18.4 Å². The van der Waals surface area contributed by atoms with Crippen molar-refractivity contribution in [1.29, 1.82) is 0 Å². The molecule has 3 heterocycles. The Balaban J connectivity index is 1.35. The van der Waals surface area contributed by atoms with Crippen LogP contribution in [0.4, 0.5) is 11.8 Å². The molecule has 0 radical (unpaired) electrons. The minimum Gasteiger partial charge on any atom is -0.454 e. The summed E-state index contributed by atoms with van der Waals surface area (Å²) in [7, 11) is 0. The molecular weight excluding hydrogens is 384 g/mol. The number of imidazole rings is 2. The van der Waals surface area contributed by atoms with Crippen molar-refractivity contribution < 1.29 is 9.53 Å². The van der Waals surface area contributed by atoms with E-state index in [9.17, 15) is 4.79 Å². The number of ether oxygens (including phenoxy) is 1. The van der Waals surface area contributed by atoms with Crippen LogP contribution in [-0.2, 0) is 11.3 Å². The molecule has 148 valence electrons. The molecule has 0 aliphatic carbocycles. The van der Waals surface area contributed by atoms with Crippen molar-refractivity contribution in [2.24, 2.45) is 0 Å². The number of aromatic nitrogens is 6. The van der Waals surface area contributed by atoms with E-state index in [1.165, 1.54) is 0 Å². The Hall–Kier alpha value is -4.47. The van der Waals surface area contributed by atoms with Gasteiger partial charge in [0.2, 0.25) is 5.95 Å². The van der Waals surface area contributed by atoms with Crippen LogP contribution in [0.3, 0.4) is 0 Å². The Morgan fingerprint density at radius 3 is 2.63 bits per heavy atom. The van der Waals surface area contributed by atoms with Crippen LogP contribution < -0.4 is 11.5 Å². The second-order valence-electron chi connectivity index (χ2n) is 6.61. The van der Waals surface area contributed by atoms with Gasteiger partial charge in [-0.05, 0) is 18.2 Å². The Kier molecular flexibility index (Phi) is 4.02. The molecule has 10 nitrogen and oxygen atoms in total. The van der Waals surface area contributed by atoms with E-state index in [2.05, 4.69) is 29.9 Å². The highest BCUT2D eigenvalue weighted by atomic mass is 16.5. The van der Waals surface area contributed by atoms with Gasteiger partial charge in [-0.2, -0.15) is 9.97 Å². The summed E-state index contributed by atoms with van der Waals surface area (Å²) in [5.41, 5.74) is 15.0. The predicted molar refractivity (Wildman–Crippen MR) is 111 cm³/mol. The van der Waals surface area contributed by atoms with Gasteiger partial charge in [0.15, 0.2) is 11.5 Å². The van der Waals surface area contributed by atoms with Crippen LogP contribution in [0.1, 0.15) is 16.2 Å². The maximum atomic E-state index is 12.5. The molecule has 0 saturated heterocycles. The van der Waals surface area contributed by atoms with Gasteiger partial charge < -0.3 is 26.2 Å². The highest BCUT2D eigenvalue weighted by molar-refractivity contribution is 5.94. The number of nitrogen functional groups attached to an aromatic ring is 2. The summed E-state index contributed by atoms with van der Waals surface area (Å²) in [6.07, 6.45) is 0. The van der Waals surface area contributed by atoms with Crippen molar-refractivity contribution in [1.82, 2.24) is 29.9 Å². The maximum absolute atomic E-state index is 12.5. The van der Waals surface area contributed by atoms with Crippen molar-refractivity contribution in [2.75, 3.05) is 11.5 Å². The number of hydrogen-bond donors (Lipinski definition) is 4. The number of carbonyl (C=O) groups is 1. The molecule has 0 saturated carbocycles. The molecule has 0 spiro atoms. The molecule has 5 rings (SSSR count). The molecule has 0 aliphatic heterocycles. The van der Waals surface area contributed by atoms with Crippen molar-refractivity contribution >= 4 is 39.9 Å². The Bertz CT molecular complexity index is 1390. The Labute approximate surface area is 169 Å². The smallest absolute Gasteiger partial charge is 0.338 e. The van der Waals surface area contributed by atoms with E-state index in [4.69, 9.17) is 16.2 Å². The molecule has 10 heteroatoms. The predicted octanol–water partition coefficient (Wildman–Crippen LogP) is 2.42. The van der Waals surface area contributed by atoms with Crippen LogP contribution in [0.5, 0.6) is 0 Å². The number of benzene rings is 2. The summed E-state index contributed by atoms with van der Waals surface area (Å²) < 4.78 is 5.37. The molecule has 0 aliphatic rings. The first-order valence-corrected chi connectivity index (χ1v) is 9.07. The van der Waals surface area contributed by atoms with E-state index in [0.717, 1.165) is 22.4 Å². The van der Waals surface area contributed by atoms with Gasteiger partial charge in [-0.1, -0.05) is 30.3 Å². The molecule has 5 aromatic rings. The summed E-state index contributed by atoms with van der Waals surface area (Å²) >= 11 is 0. The number of aromatic amines is 2. The second kappa shape index (κ2) is 6.85. The quantitative estimate of drug-likeness (QED) is 0.334. The normalized spacial score (nSPS) is 11.2. The van der Waals surface area contributed by atoms with Crippen LogP contribution in [0, 0.1) is 0 Å². The summed E-state index contributed by atoms with van der Waals surface area (Å²) in [4.78, 5) is 35.3. The van der Waals surface area contributed by atoms with Crippen molar-refractivity contribution in [3.05, 3.63) is 59.9 Å². The molecule has 0 bridgehead atoms. The SMILES string of the molecule is Nc1nc(N)c2[nH]c(COC(=O)c3ccc4nc(-c5ccccc5)[nH]c4c3)nc2n1. The summed E-state index contributed by atoms with van der Waals surface area (Å²) in [6, 6.07) is 14.9. The van der Waals surface area contributed by atoms with Crippen LogP contribution in [0.25, 0.3) is 33.6 Å². The van der Waals surface area contributed by atoms with Gasteiger partial charge in [-0.15, -0.1) is 0 Å². The minimum absolute atomic E-state index is 0.0257. The molecule has 0 amide bonds. The van der Waals surface area contributed by atoms with Gasteiger partial charge >= 0.3 is 5.97 Å². The van der Waals surface area contributed by atoms with Gasteiger partial charge in [0.25, 0.3) is 0 Å². The third kappa shape index (κ3) is 3.15. The van der Waals surface area contributed by atoms with Crippen molar-refractivity contribution in [2.45, 2.75) is 6.61 Å². The largest absolute Gasteiger partial charge is 0.454 e. The number of rotatable bonds is 4. The van der Waals surface area contributed by atoms with E-state index >= 15 is 0 Å². The number of fused-ring (bicyclic) bond motifs is 2. The third-order valence-corrected chi connectivity index (χ3v) is 4.55. The number of nitrogens with zero attached hydrogens (tertiary/aromatic N) is 4. The zero-order valence-electron chi connectivity index (χ0n) is 15.6. The highest BCUT2D eigenvalue weighted by Crippen LogP contribution is 2.22. The minimum atomic E-state index is -0.494. The lowest BCUT2D eigenvalue weighted by Gasteiger charge is -2.02. The van der Waals surface area contributed by atoms with Crippen LogP contribution in [0.15, 0.2) is 48.5 Å². The summed E-state index contributed by atoms with van der Waals surface area (Å²) in [6.45, 7) is -0.0786. The fourth-order valence-corrected chi connectivity index (χ4v) is 3.14. The average molecular weight is 400 g/mol. The highest BCUT2D eigenvalue weighted by Gasteiger charge is 2.14. The lowest BCUT2D eigenvalue weighted by atomic mass is 10.2. The molecular formula is C20H16N8O2. The van der Waals surface area contributed by atoms with E-state index in [1.54, 1.807) is 18.2 Å². The first-order valence-electron chi connectivity index (χ1n) is 9.07. The van der Waals surface area contributed by atoms with Crippen molar-refractivity contribution in [3.8, 4) is 11.4 Å². The Morgan fingerprint density at radius 2 is 1.80 bits per heavy atom. The van der Waals surface area contributed by atoms with E-state index in [0.29, 0.717) is 22.6 Å². The maximum Gasteiger partial charge on any atom is 0.338 e. The van der Waals surface area contributed by atoms with Crippen LogP contribution in [0.2, 0.25) is 0 Å². The van der Waals surface area contributed by atoms with Gasteiger partial charge in [-0.25, -0.2) is 14.8 Å². The number of H-pyrrole nitrogens is 2. The first-order chi connectivity index (χ1) is 14.6. The fraction of sp³-hybridized carbons (Fsp3) is 0.0500. The Morgan fingerprint density at radius 1 is 0.967 bits per heavy atom. The van der Waals surface area contributed by atoms with E-state index < -0.39 is 5.97 Å².